The Morgan fingerprint density at radius 3 is 2.65 bits per heavy atom. The van der Waals surface area contributed by atoms with Crippen LogP contribution in [-0.4, -0.2) is 28.7 Å². The number of imide groups is 1. The van der Waals surface area contributed by atoms with Crippen molar-refractivity contribution < 1.29 is 9.59 Å². The molecule has 1 aromatic heterocycles. The molecule has 0 unspecified atom stereocenters. The highest BCUT2D eigenvalue weighted by molar-refractivity contribution is 6.23. The first kappa shape index (κ1) is 12.3. The van der Waals surface area contributed by atoms with E-state index in [4.69, 9.17) is 0 Å². The van der Waals surface area contributed by atoms with Gasteiger partial charge in [0, 0.05) is 18.9 Å². The Balaban J connectivity index is 1.98. The SMILES string of the molecule is CNc1cccc2c1C(=O)N(Cc1ccccn1)C2=O. The normalized spacial score (nSPS) is 13.6. The number of hydrogen-bond donors (Lipinski definition) is 1. The van der Waals surface area contributed by atoms with Crippen molar-refractivity contribution in [2.24, 2.45) is 0 Å². The van der Waals surface area contributed by atoms with Crippen LogP contribution in [0.4, 0.5) is 5.69 Å². The van der Waals surface area contributed by atoms with Crippen molar-refractivity contribution >= 4 is 17.5 Å². The van der Waals surface area contributed by atoms with E-state index >= 15 is 0 Å². The van der Waals surface area contributed by atoms with Gasteiger partial charge in [-0.3, -0.25) is 19.5 Å². The maximum atomic E-state index is 12.4. The van der Waals surface area contributed by atoms with Gasteiger partial charge in [-0.25, -0.2) is 0 Å². The van der Waals surface area contributed by atoms with Crippen LogP contribution >= 0.6 is 0 Å². The third kappa shape index (κ3) is 1.84. The van der Waals surface area contributed by atoms with Gasteiger partial charge in [-0.05, 0) is 24.3 Å². The molecule has 1 aliphatic heterocycles. The van der Waals surface area contributed by atoms with Crippen molar-refractivity contribution in [3.05, 3.63) is 59.4 Å². The number of pyridine rings is 1. The summed E-state index contributed by atoms with van der Waals surface area (Å²) in [5.41, 5.74) is 2.24. The molecule has 0 radical (unpaired) electrons. The molecule has 0 saturated heterocycles. The van der Waals surface area contributed by atoms with Crippen LogP contribution in [0.1, 0.15) is 26.4 Å². The van der Waals surface area contributed by atoms with Crippen LogP contribution in [0.3, 0.4) is 0 Å². The average molecular weight is 267 g/mol. The van der Waals surface area contributed by atoms with Crippen LogP contribution in [0.15, 0.2) is 42.6 Å². The number of carbonyl (C=O) groups is 2. The number of rotatable bonds is 3. The number of fused-ring (bicyclic) bond motifs is 1. The third-order valence-electron chi connectivity index (χ3n) is 3.31. The highest BCUT2D eigenvalue weighted by atomic mass is 16.2. The van der Waals surface area contributed by atoms with E-state index in [1.165, 1.54) is 4.90 Å². The smallest absolute Gasteiger partial charge is 0.264 e. The van der Waals surface area contributed by atoms with Crippen LogP contribution in [-0.2, 0) is 6.54 Å². The summed E-state index contributed by atoms with van der Waals surface area (Å²) in [7, 11) is 1.73. The van der Waals surface area contributed by atoms with Crippen molar-refractivity contribution in [1.29, 1.82) is 0 Å². The minimum atomic E-state index is -0.277. The summed E-state index contributed by atoms with van der Waals surface area (Å²) in [6, 6.07) is 10.6. The fourth-order valence-corrected chi connectivity index (χ4v) is 2.34. The molecule has 20 heavy (non-hydrogen) atoms. The van der Waals surface area contributed by atoms with E-state index in [0.29, 0.717) is 22.5 Å². The molecule has 0 aliphatic carbocycles. The quantitative estimate of drug-likeness (QED) is 0.863. The van der Waals surface area contributed by atoms with E-state index in [2.05, 4.69) is 10.3 Å². The van der Waals surface area contributed by atoms with Gasteiger partial charge in [-0.15, -0.1) is 0 Å². The standard InChI is InChI=1S/C15H13N3O2/c1-16-12-7-4-6-11-13(12)15(20)18(14(11)19)9-10-5-2-3-8-17-10/h2-8,16H,9H2,1H3. The van der Waals surface area contributed by atoms with Gasteiger partial charge < -0.3 is 5.32 Å². The van der Waals surface area contributed by atoms with Crippen LogP contribution in [0, 0.1) is 0 Å². The molecule has 0 bridgehead atoms. The number of nitrogens with zero attached hydrogens (tertiary/aromatic N) is 2. The molecule has 0 spiro atoms. The second-order valence-corrected chi connectivity index (χ2v) is 4.50. The zero-order valence-electron chi connectivity index (χ0n) is 11.0. The number of anilines is 1. The number of carbonyl (C=O) groups excluding carboxylic acids is 2. The lowest BCUT2D eigenvalue weighted by Crippen LogP contribution is -2.29. The molecule has 3 rings (SSSR count). The van der Waals surface area contributed by atoms with Crippen molar-refractivity contribution in [2.75, 3.05) is 12.4 Å². The van der Waals surface area contributed by atoms with Crippen molar-refractivity contribution in [3.8, 4) is 0 Å². The summed E-state index contributed by atoms with van der Waals surface area (Å²) in [5, 5.41) is 2.95. The molecule has 5 nitrogen and oxygen atoms in total. The number of hydrogen-bond acceptors (Lipinski definition) is 4. The summed E-state index contributed by atoms with van der Waals surface area (Å²) >= 11 is 0. The summed E-state index contributed by atoms with van der Waals surface area (Å²) in [6.07, 6.45) is 1.65. The molecular formula is C15H13N3O2. The highest BCUT2D eigenvalue weighted by Gasteiger charge is 2.37. The van der Waals surface area contributed by atoms with Crippen molar-refractivity contribution in [1.82, 2.24) is 9.88 Å². The Kier molecular flexibility index (Phi) is 2.95. The Labute approximate surface area is 116 Å². The molecule has 2 amide bonds. The molecule has 0 fully saturated rings. The third-order valence-corrected chi connectivity index (χ3v) is 3.31. The summed E-state index contributed by atoms with van der Waals surface area (Å²) in [5.74, 6) is -0.548. The lowest BCUT2D eigenvalue weighted by molar-refractivity contribution is 0.0640. The molecule has 1 aromatic carbocycles. The Bertz CT molecular complexity index is 683. The molecule has 2 heterocycles. The first-order chi connectivity index (χ1) is 9.72. The molecule has 0 saturated carbocycles. The lowest BCUT2D eigenvalue weighted by Gasteiger charge is -2.13. The second kappa shape index (κ2) is 4.77. The van der Waals surface area contributed by atoms with Gasteiger partial charge >= 0.3 is 0 Å². The molecule has 0 atom stereocenters. The van der Waals surface area contributed by atoms with Gasteiger partial charge in [0.15, 0.2) is 0 Å². The topological polar surface area (TPSA) is 62.3 Å². The minimum absolute atomic E-state index is 0.191. The molecule has 2 aromatic rings. The number of benzene rings is 1. The van der Waals surface area contributed by atoms with E-state index in [1.807, 2.05) is 6.07 Å². The van der Waals surface area contributed by atoms with E-state index in [0.717, 1.165) is 0 Å². The van der Waals surface area contributed by atoms with E-state index in [9.17, 15) is 9.59 Å². The maximum absolute atomic E-state index is 12.4. The lowest BCUT2D eigenvalue weighted by atomic mass is 10.1. The van der Waals surface area contributed by atoms with Gasteiger partial charge in [0.2, 0.25) is 0 Å². The Hall–Kier alpha value is -2.69. The average Bonchev–Trinajstić information content (AvgIpc) is 2.73. The van der Waals surface area contributed by atoms with Gasteiger partial charge in [0.25, 0.3) is 11.8 Å². The molecular weight excluding hydrogens is 254 g/mol. The van der Waals surface area contributed by atoms with Crippen molar-refractivity contribution in [3.63, 3.8) is 0 Å². The van der Waals surface area contributed by atoms with Crippen LogP contribution in [0.25, 0.3) is 0 Å². The van der Waals surface area contributed by atoms with Gasteiger partial charge in [-0.1, -0.05) is 12.1 Å². The highest BCUT2D eigenvalue weighted by Crippen LogP contribution is 2.29. The van der Waals surface area contributed by atoms with Gasteiger partial charge in [0.1, 0.15) is 0 Å². The van der Waals surface area contributed by atoms with Crippen LogP contribution < -0.4 is 5.32 Å². The van der Waals surface area contributed by atoms with E-state index < -0.39 is 0 Å². The van der Waals surface area contributed by atoms with Crippen molar-refractivity contribution in [2.45, 2.75) is 6.54 Å². The monoisotopic (exact) mass is 267 g/mol. The predicted octanol–water partition coefficient (Wildman–Crippen LogP) is 1.92. The summed E-state index contributed by atoms with van der Waals surface area (Å²) < 4.78 is 0. The summed E-state index contributed by atoms with van der Waals surface area (Å²) in [4.78, 5) is 30.1. The second-order valence-electron chi connectivity index (χ2n) is 4.50. The van der Waals surface area contributed by atoms with Gasteiger partial charge in [0.05, 0.1) is 23.4 Å². The summed E-state index contributed by atoms with van der Waals surface area (Å²) in [6.45, 7) is 0.191. The first-order valence-corrected chi connectivity index (χ1v) is 6.29. The molecule has 1 aliphatic rings. The van der Waals surface area contributed by atoms with Gasteiger partial charge in [-0.2, -0.15) is 0 Å². The largest absolute Gasteiger partial charge is 0.387 e. The fourth-order valence-electron chi connectivity index (χ4n) is 2.34. The zero-order chi connectivity index (χ0) is 14.1. The minimum Gasteiger partial charge on any atom is -0.387 e. The molecule has 5 heteroatoms. The first-order valence-electron chi connectivity index (χ1n) is 6.29. The zero-order valence-corrected chi connectivity index (χ0v) is 11.0. The number of aromatic nitrogens is 1. The predicted molar refractivity (Wildman–Crippen MR) is 74.4 cm³/mol. The fraction of sp³-hybridized carbons (Fsp3) is 0.133. The van der Waals surface area contributed by atoms with Crippen LogP contribution in [0.5, 0.6) is 0 Å². The van der Waals surface area contributed by atoms with E-state index in [1.54, 1.807) is 43.6 Å². The number of nitrogens with one attached hydrogen (secondary N) is 1. The Morgan fingerprint density at radius 2 is 1.95 bits per heavy atom. The van der Waals surface area contributed by atoms with E-state index in [-0.39, 0.29) is 18.4 Å². The molecule has 100 valence electrons. The number of amides is 2. The van der Waals surface area contributed by atoms with Crippen LogP contribution in [0.2, 0.25) is 0 Å². The maximum Gasteiger partial charge on any atom is 0.264 e. The Morgan fingerprint density at radius 1 is 1.10 bits per heavy atom. The molecule has 1 N–H and O–H groups in total.